The normalized spacial score (nSPS) is 15.8. The molecule has 1 N–H and O–H groups in total. The van der Waals surface area contributed by atoms with Gasteiger partial charge in [-0.25, -0.2) is 9.97 Å². The molecule has 0 unspecified atom stereocenters. The Morgan fingerprint density at radius 1 is 1.36 bits per heavy atom. The molecule has 1 saturated heterocycles. The average Bonchev–Trinajstić information content (AvgIpc) is 2.75. The number of aromatic nitrogens is 2. The zero-order valence-corrected chi connectivity index (χ0v) is 14.2. The Bertz CT molecular complexity index is 615. The van der Waals surface area contributed by atoms with Crippen LogP contribution >= 0.6 is 0 Å². The smallest absolute Gasteiger partial charge is 0.379 e. The summed E-state index contributed by atoms with van der Waals surface area (Å²) in [5.74, 6) is -0.451. The molecule has 1 aliphatic heterocycles. The van der Waals surface area contributed by atoms with Gasteiger partial charge in [0.2, 0.25) is 5.91 Å². The Morgan fingerprint density at radius 2 is 2.16 bits per heavy atom. The molecular formula is C14H18F3N4O3S+. The van der Waals surface area contributed by atoms with Crippen molar-refractivity contribution in [3.05, 3.63) is 17.6 Å². The van der Waals surface area contributed by atoms with Crippen molar-refractivity contribution in [3.8, 4) is 0 Å². The number of alkyl halides is 3. The summed E-state index contributed by atoms with van der Waals surface area (Å²) in [5, 5.41) is 2.64. The highest BCUT2D eigenvalue weighted by Crippen LogP contribution is 2.33. The molecule has 0 atom stereocenters. The minimum absolute atomic E-state index is 0.0229. The minimum Gasteiger partial charge on any atom is -0.379 e. The van der Waals surface area contributed by atoms with Crippen molar-refractivity contribution in [2.24, 2.45) is 0 Å². The van der Waals surface area contributed by atoms with Gasteiger partial charge < -0.3 is 15.0 Å². The molecule has 25 heavy (non-hydrogen) atoms. The molecule has 7 nitrogen and oxygen atoms in total. The average molecular weight is 379 g/mol. The number of ether oxygens (including phenoxy) is 1. The number of rotatable bonds is 7. The van der Waals surface area contributed by atoms with Crippen molar-refractivity contribution in [2.45, 2.75) is 24.8 Å². The fourth-order valence-corrected chi connectivity index (χ4v) is 2.56. The third-order valence-electron chi connectivity index (χ3n) is 3.55. The molecule has 1 fully saturated rings. The summed E-state index contributed by atoms with van der Waals surface area (Å²) in [5.41, 5.74) is -0.980. The van der Waals surface area contributed by atoms with Crippen LogP contribution in [0.15, 0.2) is 6.20 Å². The van der Waals surface area contributed by atoms with Crippen molar-refractivity contribution in [2.75, 3.05) is 38.2 Å². The lowest BCUT2D eigenvalue weighted by Gasteiger charge is -2.20. The van der Waals surface area contributed by atoms with E-state index in [1.165, 1.54) is 0 Å². The molecule has 1 aliphatic rings. The molecule has 0 radical (unpaired) electrons. The first kappa shape index (κ1) is 19.4. The van der Waals surface area contributed by atoms with Gasteiger partial charge in [0.1, 0.15) is 11.4 Å². The van der Waals surface area contributed by atoms with E-state index < -0.39 is 11.7 Å². The van der Waals surface area contributed by atoms with E-state index in [1.54, 1.807) is 4.90 Å². The zero-order valence-electron chi connectivity index (χ0n) is 13.3. The molecule has 0 saturated carbocycles. The summed E-state index contributed by atoms with van der Waals surface area (Å²) < 4.78 is 54.8. The van der Waals surface area contributed by atoms with Gasteiger partial charge in [-0.15, -0.1) is 0 Å². The number of hydrogen-bond donors (Lipinski definition) is 1. The second kappa shape index (κ2) is 8.99. The van der Waals surface area contributed by atoms with Crippen LogP contribution in [0.25, 0.3) is 0 Å². The predicted octanol–water partition coefficient (Wildman–Crippen LogP) is 1.47. The van der Waals surface area contributed by atoms with Gasteiger partial charge in [0.15, 0.2) is 5.82 Å². The molecule has 2 heterocycles. The van der Waals surface area contributed by atoms with Gasteiger partial charge in [-0.3, -0.25) is 4.79 Å². The highest BCUT2D eigenvalue weighted by molar-refractivity contribution is 7.64. The third kappa shape index (κ3) is 5.85. The lowest BCUT2D eigenvalue weighted by molar-refractivity contribution is -0.137. The number of carbonyl (C=O) groups excluding carboxylic acids is 1. The maximum Gasteiger partial charge on any atom is 0.467 e. The Balaban J connectivity index is 1.95. The van der Waals surface area contributed by atoms with E-state index >= 15 is 0 Å². The predicted molar refractivity (Wildman–Crippen MR) is 83.9 cm³/mol. The largest absolute Gasteiger partial charge is 0.467 e. The van der Waals surface area contributed by atoms with E-state index in [2.05, 4.69) is 15.3 Å². The summed E-state index contributed by atoms with van der Waals surface area (Å²) >= 11 is 0.186. The molecule has 0 bridgehead atoms. The quantitative estimate of drug-likeness (QED) is 0.571. The summed E-state index contributed by atoms with van der Waals surface area (Å²) in [6.45, 7) is 1.95. The SMILES string of the molecule is O=[S+]Cc1ncc(C(F)(F)F)c(NCCCN2CCOCCC2=O)n1. The van der Waals surface area contributed by atoms with Crippen LogP contribution in [0, 0.1) is 0 Å². The summed E-state index contributed by atoms with van der Waals surface area (Å²) in [7, 11) is 0. The maximum atomic E-state index is 13.0. The highest BCUT2D eigenvalue weighted by Gasteiger charge is 2.35. The van der Waals surface area contributed by atoms with Gasteiger partial charge >= 0.3 is 17.8 Å². The van der Waals surface area contributed by atoms with Crippen LogP contribution in [0.1, 0.15) is 24.2 Å². The first-order chi connectivity index (χ1) is 11.9. The number of carbonyl (C=O) groups is 1. The topological polar surface area (TPSA) is 84.4 Å². The van der Waals surface area contributed by atoms with Crippen LogP contribution in [-0.2, 0) is 37.3 Å². The third-order valence-corrected chi connectivity index (χ3v) is 3.92. The molecule has 0 aliphatic carbocycles. The molecule has 138 valence electrons. The number of hydrogen-bond acceptors (Lipinski definition) is 6. The maximum absolute atomic E-state index is 13.0. The first-order valence-electron chi connectivity index (χ1n) is 7.69. The molecule has 1 amide bonds. The zero-order chi connectivity index (χ0) is 18.3. The van der Waals surface area contributed by atoms with Gasteiger partial charge in [-0.05, 0) is 6.42 Å². The number of nitrogens with one attached hydrogen (secondary N) is 1. The molecule has 0 spiro atoms. The van der Waals surface area contributed by atoms with Crippen LogP contribution < -0.4 is 5.32 Å². The standard InChI is InChI=1S/C14H18F3N4O3S/c15-14(16,17)10-8-19-11(9-25-23)20-13(10)18-3-1-4-21-5-7-24-6-2-12(21)22/h8H,1-7,9H2,(H,18,19,20)/q+1. The van der Waals surface area contributed by atoms with E-state index in [0.717, 1.165) is 0 Å². The van der Waals surface area contributed by atoms with Crippen LogP contribution in [0.3, 0.4) is 0 Å². The molecule has 2 rings (SSSR count). The lowest BCUT2D eigenvalue weighted by Crippen LogP contribution is -2.33. The van der Waals surface area contributed by atoms with Crippen LogP contribution in [0.2, 0.25) is 0 Å². The van der Waals surface area contributed by atoms with Crippen molar-refractivity contribution < 1.29 is 26.9 Å². The monoisotopic (exact) mass is 379 g/mol. The van der Waals surface area contributed by atoms with Crippen molar-refractivity contribution >= 4 is 23.4 Å². The Labute approximate surface area is 146 Å². The molecule has 0 aromatic carbocycles. The van der Waals surface area contributed by atoms with Gasteiger partial charge in [0.25, 0.3) is 5.75 Å². The van der Waals surface area contributed by atoms with E-state index in [1.807, 2.05) is 0 Å². The van der Waals surface area contributed by atoms with E-state index in [4.69, 9.17) is 4.74 Å². The fraction of sp³-hybridized carbons (Fsp3) is 0.643. The van der Waals surface area contributed by atoms with Crippen molar-refractivity contribution in [3.63, 3.8) is 0 Å². The highest BCUT2D eigenvalue weighted by atomic mass is 32.1. The number of anilines is 1. The summed E-state index contributed by atoms with van der Waals surface area (Å²) in [4.78, 5) is 20.8. The van der Waals surface area contributed by atoms with E-state index in [9.17, 15) is 22.2 Å². The van der Waals surface area contributed by atoms with Crippen LogP contribution in [0.5, 0.6) is 0 Å². The Morgan fingerprint density at radius 3 is 2.88 bits per heavy atom. The number of halogens is 3. The van der Waals surface area contributed by atoms with Crippen molar-refractivity contribution in [1.29, 1.82) is 0 Å². The summed E-state index contributed by atoms with van der Waals surface area (Å²) in [6.07, 6.45) is -3.15. The van der Waals surface area contributed by atoms with Gasteiger partial charge in [-0.1, -0.05) is 0 Å². The lowest BCUT2D eigenvalue weighted by atomic mass is 10.2. The number of nitrogens with zero attached hydrogens (tertiary/aromatic N) is 3. The molecular weight excluding hydrogens is 361 g/mol. The molecule has 1 aromatic heterocycles. The van der Waals surface area contributed by atoms with Gasteiger partial charge in [0, 0.05) is 30.0 Å². The van der Waals surface area contributed by atoms with Gasteiger partial charge in [-0.2, -0.15) is 13.2 Å². The molecule has 1 aromatic rings. The first-order valence-corrected chi connectivity index (χ1v) is 8.60. The second-order valence-electron chi connectivity index (χ2n) is 5.33. The van der Waals surface area contributed by atoms with E-state index in [-0.39, 0.29) is 41.5 Å². The summed E-state index contributed by atoms with van der Waals surface area (Å²) in [6, 6.07) is 0. The van der Waals surface area contributed by atoms with E-state index in [0.29, 0.717) is 45.3 Å². The van der Waals surface area contributed by atoms with Crippen LogP contribution in [-0.4, -0.2) is 53.6 Å². The number of amides is 1. The molecule has 11 heteroatoms. The second-order valence-corrected chi connectivity index (χ2v) is 5.86. The van der Waals surface area contributed by atoms with Crippen LogP contribution in [0.4, 0.5) is 19.0 Å². The van der Waals surface area contributed by atoms with Crippen molar-refractivity contribution in [1.82, 2.24) is 14.9 Å². The Hall–Kier alpha value is -1.88. The van der Waals surface area contributed by atoms with Gasteiger partial charge in [0.05, 0.1) is 19.6 Å². The Kier molecular flexibility index (Phi) is 7.00. The fourth-order valence-electron chi connectivity index (χ4n) is 2.32. The minimum atomic E-state index is -4.59.